The van der Waals surface area contributed by atoms with Crippen molar-refractivity contribution in [2.75, 3.05) is 0 Å². The SMILES string of the molecule is Cc1ccc(C(C)C)cc1/C=C/CCCC(=O)O. The summed E-state index contributed by atoms with van der Waals surface area (Å²) in [7, 11) is 0. The van der Waals surface area contributed by atoms with Gasteiger partial charge in [-0.05, 0) is 42.4 Å². The fourth-order valence-corrected chi connectivity index (χ4v) is 1.78. The van der Waals surface area contributed by atoms with Crippen LogP contribution in [0.2, 0.25) is 0 Å². The highest BCUT2D eigenvalue weighted by Gasteiger charge is 2.01. The second-order valence-corrected chi connectivity index (χ2v) is 4.96. The van der Waals surface area contributed by atoms with Crippen molar-refractivity contribution in [1.82, 2.24) is 0 Å². The predicted octanol–water partition coefficient (Wildman–Crippen LogP) is 4.39. The van der Waals surface area contributed by atoms with Gasteiger partial charge in [0.1, 0.15) is 0 Å². The summed E-state index contributed by atoms with van der Waals surface area (Å²) in [4.78, 5) is 10.4. The number of aliphatic carboxylic acids is 1. The van der Waals surface area contributed by atoms with Crippen LogP contribution in [0.5, 0.6) is 0 Å². The number of aryl methyl sites for hydroxylation is 1. The van der Waals surface area contributed by atoms with E-state index < -0.39 is 5.97 Å². The van der Waals surface area contributed by atoms with Crippen molar-refractivity contribution in [2.24, 2.45) is 0 Å². The van der Waals surface area contributed by atoms with E-state index in [-0.39, 0.29) is 6.42 Å². The van der Waals surface area contributed by atoms with Crippen LogP contribution in [0.1, 0.15) is 55.7 Å². The number of hydrogen-bond donors (Lipinski definition) is 1. The van der Waals surface area contributed by atoms with E-state index in [0.717, 1.165) is 6.42 Å². The predicted molar refractivity (Wildman–Crippen MR) is 75.8 cm³/mol. The van der Waals surface area contributed by atoms with Crippen LogP contribution >= 0.6 is 0 Å². The maximum Gasteiger partial charge on any atom is 0.303 e. The average Bonchev–Trinajstić information content (AvgIpc) is 2.30. The lowest BCUT2D eigenvalue weighted by atomic mass is 9.97. The molecule has 1 rings (SSSR count). The van der Waals surface area contributed by atoms with Crippen LogP contribution in [0.4, 0.5) is 0 Å². The van der Waals surface area contributed by atoms with E-state index in [4.69, 9.17) is 5.11 Å². The summed E-state index contributed by atoms with van der Waals surface area (Å²) in [6, 6.07) is 6.53. The van der Waals surface area contributed by atoms with Crippen molar-refractivity contribution in [3.8, 4) is 0 Å². The van der Waals surface area contributed by atoms with Gasteiger partial charge in [0.25, 0.3) is 0 Å². The third-order valence-corrected chi connectivity index (χ3v) is 3.03. The van der Waals surface area contributed by atoms with Crippen molar-refractivity contribution in [2.45, 2.75) is 46.0 Å². The van der Waals surface area contributed by atoms with Gasteiger partial charge in [0.15, 0.2) is 0 Å². The van der Waals surface area contributed by atoms with E-state index in [2.05, 4.69) is 51.1 Å². The molecule has 1 N–H and O–H groups in total. The van der Waals surface area contributed by atoms with Gasteiger partial charge in [-0.15, -0.1) is 0 Å². The van der Waals surface area contributed by atoms with E-state index in [0.29, 0.717) is 12.3 Å². The van der Waals surface area contributed by atoms with E-state index in [9.17, 15) is 4.79 Å². The summed E-state index contributed by atoms with van der Waals surface area (Å²) in [5, 5.41) is 8.55. The van der Waals surface area contributed by atoms with Crippen molar-refractivity contribution < 1.29 is 9.90 Å². The number of unbranched alkanes of at least 4 members (excludes halogenated alkanes) is 1. The van der Waals surface area contributed by atoms with Crippen LogP contribution in [0, 0.1) is 6.92 Å². The molecule has 0 aliphatic heterocycles. The number of carbonyl (C=O) groups is 1. The van der Waals surface area contributed by atoms with Gasteiger partial charge in [0.2, 0.25) is 0 Å². The smallest absolute Gasteiger partial charge is 0.303 e. The molecule has 0 aliphatic carbocycles. The zero-order valence-corrected chi connectivity index (χ0v) is 11.4. The maximum absolute atomic E-state index is 10.4. The molecule has 0 aliphatic rings. The number of rotatable bonds is 6. The molecule has 98 valence electrons. The monoisotopic (exact) mass is 246 g/mol. The molecule has 0 radical (unpaired) electrons. The highest BCUT2D eigenvalue weighted by Crippen LogP contribution is 2.19. The van der Waals surface area contributed by atoms with Gasteiger partial charge in [0, 0.05) is 6.42 Å². The average molecular weight is 246 g/mol. The van der Waals surface area contributed by atoms with Crippen LogP contribution in [-0.4, -0.2) is 11.1 Å². The van der Waals surface area contributed by atoms with Gasteiger partial charge in [0.05, 0.1) is 0 Å². The third kappa shape index (κ3) is 4.74. The Morgan fingerprint density at radius 3 is 2.72 bits per heavy atom. The van der Waals surface area contributed by atoms with Crippen molar-refractivity contribution in [3.63, 3.8) is 0 Å². The number of carboxylic acids is 1. The number of carboxylic acid groups (broad SMARTS) is 1. The first-order chi connectivity index (χ1) is 8.50. The summed E-state index contributed by atoms with van der Waals surface area (Å²) in [5.41, 5.74) is 3.83. The summed E-state index contributed by atoms with van der Waals surface area (Å²) < 4.78 is 0. The molecule has 2 nitrogen and oxygen atoms in total. The Morgan fingerprint density at radius 2 is 2.11 bits per heavy atom. The lowest BCUT2D eigenvalue weighted by Crippen LogP contribution is -1.92. The highest BCUT2D eigenvalue weighted by atomic mass is 16.4. The normalized spacial score (nSPS) is 11.3. The largest absolute Gasteiger partial charge is 0.481 e. The molecule has 0 saturated heterocycles. The topological polar surface area (TPSA) is 37.3 Å². The van der Waals surface area contributed by atoms with Crippen LogP contribution in [0.3, 0.4) is 0 Å². The minimum Gasteiger partial charge on any atom is -0.481 e. The van der Waals surface area contributed by atoms with Crippen molar-refractivity contribution in [1.29, 1.82) is 0 Å². The Labute approximate surface area is 109 Å². The first-order valence-corrected chi connectivity index (χ1v) is 6.49. The van der Waals surface area contributed by atoms with Gasteiger partial charge >= 0.3 is 5.97 Å². The summed E-state index contributed by atoms with van der Waals surface area (Å²) in [5.74, 6) is -0.189. The molecular formula is C16H22O2. The molecule has 0 saturated carbocycles. The zero-order valence-electron chi connectivity index (χ0n) is 11.4. The standard InChI is InChI=1S/C16H22O2/c1-12(2)14-10-9-13(3)15(11-14)7-5-4-6-8-16(17)18/h5,7,9-12H,4,6,8H2,1-3H3,(H,17,18)/b7-5+. The number of allylic oxidation sites excluding steroid dienone is 1. The molecule has 0 amide bonds. The molecular weight excluding hydrogens is 224 g/mol. The fraction of sp³-hybridized carbons (Fsp3) is 0.438. The van der Waals surface area contributed by atoms with E-state index in [1.54, 1.807) is 0 Å². The van der Waals surface area contributed by atoms with E-state index >= 15 is 0 Å². The zero-order chi connectivity index (χ0) is 13.5. The van der Waals surface area contributed by atoms with E-state index in [1.807, 2.05) is 0 Å². The number of benzene rings is 1. The van der Waals surface area contributed by atoms with Crippen molar-refractivity contribution >= 4 is 12.0 Å². The summed E-state index contributed by atoms with van der Waals surface area (Å²) in [6.07, 6.45) is 5.93. The Balaban J connectivity index is 2.62. The van der Waals surface area contributed by atoms with Gasteiger partial charge < -0.3 is 5.11 Å². The van der Waals surface area contributed by atoms with Gasteiger partial charge in [-0.3, -0.25) is 4.79 Å². The molecule has 1 aromatic rings. The third-order valence-electron chi connectivity index (χ3n) is 3.03. The molecule has 0 heterocycles. The number of hydrogen-bond acceptors (Lipinski definition) is 1. The summed E-state index contributed by atoms with van der Waals surface area (Å²) >= 11 is 0. The lowest BCUT2D eigenvalue weighted by Gasteiger charge is -2.08. The Bertz CT molecular complexity index is 431. The Kier molecular flexibility index (Phi) is 5.63. The second kappa shape index (κ2) is 7.00. The lowest BCUT2D eigenvalue weighted by molar-refractivity contribution is -0.137. The highest BCUT2D eigenvalue weighted by molar-refractivity contribution is 5.66. The first-order valence-electron chi connectivity index (χ1n) is 6.49. The van der Waals surface area contributed by atoms with Crippen LogP contribution in [-0.2, 0) is 4.79 Å². The maximum atomic E-state index is 10.4. The molecule has 0 spiro atoms. The Hall–Kier alpha value is -1.57. The molecule has 0 atom stereocenters. The molecule has 0 fully saturated rings. The van der Waals surface area contributed by atoms with E-state index in [1.165, 1.54) is 16.7 Å². The Morgan fingerprint density at radius 1 is 1.39 bits per heavy atom. The van der Waals surface area contributed by atoms with Gasteiger partial charge in [-0.25, -0.2) is 0 Å². The van der Waals surface area contributed by atoms with Crippen LogP contribution in [0.25, 0.3) is 6.08 Å². The van der Waals surface area contributed by atoms with Crippen LogP contribution < -0.4 is 0 Å². The fourth-order valence-electron chi connectivity index (χ4n) is 1.78. The quantitative estimate of drug-likeness (QED) is 0.756. The molecule has 0 unspecified atom stereocenters. The first kappa shape index (κ1) is 14.5. The minimum atomic E-state index is -0.721. The van der Waals surface area contributed by atoms with Gasteiger partial charge in [-0.1, -0.05) is 44.2 Å². The molecule has 1 aromatic carbocycles. The second-order valence-electron chi connectivity index (χ2n) is 4.96. The van der Waals surface area contributed by atoms with Gasteiger partial charge in [-0.2, -0.15) is 0 Å². The van der Waals surface area contributed by atoms with Crippen LogP contribution in [0.15, 0.2) is 24.3 Å². The summed E-state index contributed by atoms with van der Waals surface area (Å²) in [6.45, 7) is 6.47. The molecule has 0 bridgehead atoms. The molecule has 2 heteroatoms. The molecule has 0 aromatic heterocycles. The van der Waals surface area contributed by atoms with Crippen molar-refractivity contribution in [3.05, 3.63) is 41.0 Å². The minimum absolute atomic E-state index is 0.245. The molecule has 18 heavy (non-hydrogen) atoms.